The van der Waals surface area contributed by atoms with Crippen molar-refractivity contribution in [2.75, 3.05) is 6.54 Å². The van der Waals surface area contributed by atoms with Crippen LogP contribution in [0.3, 0.4) is 0 Å². The van der Waals surface area contributed by atoms with Crippen LogP contribution in [0.25, 0.3) is 22.5 Å². The molecule has 1 unspecified atom stereocenters. The van der Waals surface area contributed by atoms with Gasteiger partial charge in [-0.25, -0.2) is 19.0 Å². The molecule has 1 aliphatic heterocycles. The molecule has 6 nitrogen and oxygen atoms in total. The fraction of sp³-hybridized carbons (Fsp3) is 0.217. The van der Waals surface area contributed by atoms with Crippen molar-refractivity contribution in [2.45, 2.75) is 29.2 Å². The summed E-state index contributed by atoms with van der Waals surface area (Å²) in [6, 6.07) is 12.5. The van der Waals surface area contributed by atoms with Crippen LogP contribution in [0.15, 0.2) is 71.2 Å². The standard InChI is InChI=1S/C23H19FN6S/c24-18-7-5-15(6-8-18)17-10-19-21(26-11-14-3-4-14)30-23(31-22(19)27-13-17)28-20(29-30)16-2-1-9-25-12-16/h1-2,5-10,12-14,21,26H,3-4,11H2. The Kier molecular flexibility index (Phi) is 4.54. The summed E-state index contributed by atoms with van der Waals surface area (Å²) in [7, 11) is 0. The van der Waals surface area contributed by atoms with Crippen LogP contribution in [0.2, 0.25) is 0 Å². The fourth-order valence-electron chi connectivity index (χ4n) is 3.73. The lowest BCUT2D eigenvalue weighted by Gasteiger charge is -2.26. The van der Waals surface area contributed by atoms with Gasteiger partial charge in [0.05, 0.1) is 0 Å². The summed E-state index contributed by atoms with van der Waals surface area (Å²) in [5.74, 6) is 1.13. The minimum absolute atomic E-state index is 0.155. The molecule has 31 heavy (non-hydrogen) atoms. The first-order valence-corrected chi connectivity index (χ1v) is 11.1. The molecule has 1 fully saturated rings. The van der Waals surface area contributed by atoms with Crippen molar-refractivity contribution in [3.63, 3.8) is 0 Å². The molecule has 0 radical (unpaired) electrons. The van der Waals surface area contributed by atoms with Gasteiger partial charge in [0, 0.05) is 41.8 Å². The number of nitrogens with one attached hydrogen (secondary N) is 1. The zero-order chi connectivity index (χ0) is 20.8. The van der Waals surface area contributed by atoms with E-state index in [9.17, 15) is 4.39 Å². The number of benzene rings is 1. The second-order valence-electron chi connectivity index (χ2n) is 7.89. The van der Waals surface area contributed by atoms with Crippen LogP contribution in [0.5, 0.6) is 0 Å². The summed E-state index contributed by atoms with van der Waals surface area (Å²) in [4.78, 5) is 13.7. The van der Waals surface area contributed by atoms with Gasteiger partial charge in [0.2, 0.25) is 0 Å². The van der Waals surface area contributed by atoms with Gasteiger partial charge < -0.3 is 0 Å². The van der Waals surface area contributed by atoms with Crippen molar-refractivity contribution in [1.82, 2.24) is 30.0 Å². The zero-order valence-corrected chi connectivity index (χ0v) is 17.4. The van der Waals surface area contributed by atoms with Gasteiger partial charge in [0.25, 0.3) is 0 Å². The molecule has 154 valence electrons. The minimum atomic E-state index is -0.246. The number of rotatable bonds is 5. The first kappa shape index (κ1) is 18.7. The van der Waals surface area contributed by atoms with Crippen molar-refractivity contribution in [3.8, 4) is 22.5 Å². The van der Waals surface area contributed by atoms with Gasteiger partial charge in [-0.1, -0.05) is 12.1 Å². The Bertz CT molecular complexity index is 1240. The molecule has 4 heterocycles. The predicted molar refractivity (Wildman–Crippen MR) is 116 cm³/mol. The van der Waals surface area contributed by atoms with E-state index in [0.717, 1.165) is 44.9 Å². The molecule has 1 N–H and O–H groups in total. The highest BCUT2D eigenvalue weighted by Gasteiger charge is 2.32. The first-order valence-electron chi connectivity index (χ1n) is 10.3. The maximum atomic E-state index is 13.4. The lowest BCUT2D eigenvalue weighted by atomic mass is 10.0. The molecule has 3 aromatic heterocycles. The van der Waals surface area contributed by atoms with Crippen molar-refractivity contribution in [2.24, 2.45) is 5.92 Å². The molecule has 0 saturated heterocycles. The summed E-state index contributed by atoms with van der Waals surface area (Å²) in [6.07, 6.45) is 7.73. The van der Waals surface area contributed by atoms with Gasteiger partial charge in [-0.3, -0.25) is 10.3 Å². The Morgan fingerprint density at radius 2 is 1.94 bits per heavy atom. The van der Waals surface area contributed by atoms with E-state index in [4.69, 9.17) is 15.1 Å². The number of aromatic nitrogens is 5. The summed E-state index contributed by atoms with van der Waals surface area (Å²) in [6.45, 7) is 0.928. The van der Waals surface area contributed by atoms with Gasteiger partial charge >= 0.3 is 0 Å². The smallest absolute Gasteiger partial charge is 0.194 e. The fourth-order valence-corrected chi connectivity index (χ4v) is 4.67. The van der Waals surface area contributed by atoms with Gasteiger partial charge in [0.1, 0.15) is 17.0 Å². The average Bonchev–Trinajstić information content (AvgIpc) is 3.54. The van der Waals surface area contributed by atoms with E-state index in [1.807, 2.05) is 23.0 Å². The van der Waals surface area contributed by atoms with Gasteiger partial charge in [0.15, 0.2) is 11.0 Å². The molecule has 2 aliphatic rings. The Morgan fingerprint density at radius 1 is 1.06 bits per heavy atom. The van der Waals surface area contributed by atoms with Crippen LogP contribution in [-0.2, 0) is 0 Å². The molecular weight excluding hydrogens is 411 g/mol. The lowest BCUT2D eigenvalue weighted by Crippen LogP contribution is -2.33. The van der Waals surface area contributed by atoms with Crippen LogP contribution in [0.4, 0.5) is 4.39 Å². The van der Waals surface area contributed by atoms with E-state index in [0.29, 0.717) is 5.82 Å². The Hall–Kier alpha value is -3.10. The van der Waals surface area contributed by atoms with E-state index in [1.54, 1.807) is 24.5 Å². The highest BCUT2D eigenvalue weighted by atomic mass is 32.2. The molecule has 1 saturated carbocycles. The van der Waals surface area contributed by atoms with E-state index in [2.05, 4.69) is 16.4 Å². The monoisotopic (exact) mass is 430 g/mol. The van der Waals surface area contributed by atoms with E-state index >= 15 is 0 Å². The predicted octanol–water partition coefficient (Wildman–Crippen LogP) is 4.55. The summed E-state index contributed by atoms with van der Waals surface area (Å²) in [5, 5.41) is 10.2. The highest BCUT2D eigenvalue weighted by molar-refractivity contribution is 7.99. The second-order valence-corrected chi connectivity index (χ2v) is 8.84. The van der Waals surface area contributed by atoms with Crippen LogP contribution < -0.4 is 5.32 Å². The number of nitrogens with zero attached hydrogens (tertiary/aromatic N) is 5. The van der Waals surface area contributed by atoms with Gasteiger partial charge in [-0.15, -0.1) is 5.10 Å². The zero-order valence-electron chi connectivity index (χ0n) is 16.6. The maximum Gasteiger partial charge on any atom is 0.194 e. The third-order valence-corrected chi connectivity index (χ3v) is 6.60. The van der Waals surface area contributed by atoms with Crippen LogP contribution in [-0.4, -0.2) is 31.3 Å². The molecule has 1 aromatic carbocycles. The van der Waals surface area contributed by atoms with Crippen LogP contribution in [0, 0.1) is 11.7 Å². The summed E-state index contributed by atoms with van der Waals surface area (Å²) < 4.78 is 15.3. The second kappa shape index (κ2) is 7.55. The van der Waals surface area contributed by atoms with Crippen LogP contribution in [0.1, 0.15) is 24.6 Å². The van der Waals surface area contributed by atoms with Gasteiger partial charge in [-0.05, 0) is 66.4 Å². The first-order chi connectivity index (χ1) is 15.2. The van der Waals surface area contributed by atoms with Crippen molar-refractivity contribution < 1.29 is 4.39 Å². The van der Waals surface area contributed by atoms with Crippen LogP contribution >= 0.6 is 11.8 Å². The molecule has 1 aliphatic carbocycles. The largest absolute Gasteiger partial charge is 0.291 e. The molecule has 8 heteroatoms. The highest BCUT2D eigenvalue weighted by Crippen LogP contribution is 2.41. The topological polar surface area (TPSA) is 68.5 Å². The minimum Gasteiger partial charge on any atom is -0.291 e. The normalized spacial score (nSPS) is 17.3. The SMILES string of the molecule is Fc1ccc(-c2cnc3c(c2)C(NCC2CC2)n2nc(-c4cccnc4)nc2S3)cc1. The summed E-state index contributed by atoms with van der Waals surface area (Å²) >= 11 is 1.52. The Balaban J connectivity index is 1.41. The molecule has 0 bridgehead atoms. The lowest BCUT2D eigenvalue weighted by molar-refractivity contribution is 0.381. The average molecular weight is 431 g/mol. The van der Waals surface area contributed by atoms with E-state index in [-0.39, 0.29) is 12.0 Å². The maximum absolute atomic E-state index is 13.4. The molecule has 4 aromatic rings. The number of halogens is 1. The number of pyridine rings is 2. The van der Waals surface area contributed by atoms with Crippen molar-refractivity contribution in [1.29, 1.82) is 0 Å². The third-order valence-electron chi connectivity index (χ3n) is 5.60. The quantitative estimate of drug-likeness (QED) is 0.501. The van der Waals surface area contributed by atoms with Gasteiger partial charge in [-0.2, -0.15) is 0 Å². The Morgan fingerprint density at radius 3 is 2.71 bits per heavy atom. The summed E-state index contributed by atoms with van der Waals surface area (Å²) in [5.41, 5.74) is 3.83. The number of hydrogen-bond donors (Lipinski definition) is 1. The molecule has 0 spiro atoms. The molecule has 6 rings (SSSR count). The molecule has 1 atom stereocenters. The number of hydrogen-bond acceptors (Lipinski definition) is 6. The molecule has 0 amide bonds. The molecular formula is C23H19FN6S. The van der Waals surface area contributed by atoms with E-state index < -0.39 is 0 Å². The Labute approximate surface area is 183 Å². The number of fused-ring (bicyclic) bond motifs is 2. The third kappa shape index (κ3) is 3.62. The van der Waals surface area contributed by atoms with Crippen molar-refractivity contribution in [3.05, 3.63) is 72.4 Å². The van der Waals surface area contributed by atoms with E-state index in [1.165, 1.54) is 36.7 Å². The van der Waals surface area contributed by atoms with Crippen molar-refractivity contribution >= 4 is 11.8 Å².